The smallest absolute Gasteiger partial charge is 0.203 e. The lowest BCUT2D eigenvalue weighted by Gasteiger charge is -2.26. The molecular formula is C18H31IN4O5S. The Hall–Kier alpha value is -1.47. The number of aliphatic imine (C=N–C) groups is 1. The molecule has 0 atom stereocenters. The molecule has 0 saturated carbocycles. The number of nitrogens with one attached hydrogen (secondary N) is 2. The third-order valence-electron chi connectivity index (χ3n) is 4.57. The lowest BCUT2D eigenvalue weighted by atomic mass is 10.2. The minimum absolute atomic E-state index is 0. The number of hydrogen-bond acceptors (Lipinski definition) is 7. The SMILES string of the molecule is CN=C(NCCN1CCS(=O)(=O)CC1)NCc1cc(OC)c(OC)c(OC)c1.I. The van der Waals surface area contributed by atoms with Crippen LogP contribution in [0.2, 0.25) is 0 Å². The molecule has 9 nitrogen and oxygen atoms in total. The zero-order chi connectivity index (χ0) is 20.6. The number of nitrogens with zero attached hydrogens (tertiary/aromatic N) is 2. The summed E-state index contributed by atoms with van der Waals surface area (Å²) in [6.45, 7) is 3.14. The summed E-state index contributed by atoms with van der Waals surface area (Å²) < 4.78 is 39.0. The van der Waals surface area contributed by atoms with Crippen LogP contribution in [0.3, 0.4) is 0 Å². The molecule has 2 N–H and O–H groups in total. The highest BCUT2D eigenvalue weighted by molar-refractivity contribution is 14.0. The van der Waals surface area contributed by atoms with Gasteiger partial charge in [0.2, 0.25) is 5.75 Å². The second kappa shape index (κ2) is 12.3. The predicted molar refractivity (Wildman–Crippen MR) is 125 cm³/mol. The van der Waals surface area contributed by atoms with Crippen LogP contribution < -0.4 is 24.8 Å². The van der Waals surface area contributed by atoms with Gasteiger partial charge in [0.1, 0.15) is 0 Å². The molecule has 1 heterocycles. The molecule has 0 radical (unpaired) electrons. The average Bonchev–Trinajstić information content (AvgIpc) is 2.70. The van der Waals surface area contributed by atoms with E-state index >= 15 is 0 Å². The van der Waals surface area contributed by atoms with Gasteiger partial charge < -0.3 is 24.8 Å². The van der Waals surface area contributed by atoms with Crippen LogP contribution in [0.25, 0.3) is 0 Å². The van der Waals surface area contributed by atoms with Crippen molar-refractivity contribution in [3.05, 3.63) is 17.7 Å². The highest BCUT2D eigenvalue weighted by Crippen LogP contribution is 2.38. The molecule has 1 aromatic carbocycles. The van der Waals surface area contributed by atoms with Gasteiger partial charge in [-0.1, -0.05) is 0 Å². The van der Waals surface area contributed by atoms with Gasteiger partial charge in [0, 0.05) is 39.8 Å². The van der Waals surface area contributed by atoms with Crippen molar-refractivity contribution in [3.8, 4) is 17.2 Å². The topological polar surface area (TPSA) is 101 Å². The summed E-state index contributed by atoms with van der Waals surface area (Å²) >= 11 is 0. The molecule has 0 aliphatic carbocycles. The third kappa shape index (κ3) is 7.70. The van der Waals surface area contributed by atoms with Gasteiger partial charge in [-0.3, -0.25) is 9.89 Å². The fourth-order valence-electron chi connectivity index (χ4n) is 2.95. The lowest BCUT2D eigenvalue weighted by molar-refractivity contribution is 0.299. The second-order valence-corrected chi connectivity index (χ2v) is 8.68. The van der Waals surface area contributed by atoms with Gasteiger partial charge in [-0.15, -0.1) is 24.0 Å². The van der Waals surface area contributed by atoms with E-state index in [2.05, 4.69) is 20.5 Å². The summed E-state index contributed by atoms with van der Waals surface area (Å²) in [7, 11) is 3.60. The first-order valence-corrected chi connectivity index (χ1v) is 10.9. The van der Waals surface area contributed by atoms with Gasteiger partial charge in [-0.05, 0) is 17.7 Å². The Labute approximate surface area is 190 Å². The van der Waals surface area contributed by atoms with Crippen molar-refractivity contribution < 1.29 is 22.6 Å². The molecule has 29 heavy (non-hydrogen) atoms. The van der Waals surface area contributed by atoms with Crippen LogP contribution in [0.1, 0.15) is 5.56 Å². The van der Waals surface area contributed by atoms with Crippen LogP contribution in [0, 0.1) is 0 Å². The summed E-state index contributed by atoms with van der Waals surface area (Å²) in [5.41, 5.74) is 0.957. The maximum absolute atomic E-state index is 11.5. The summed E-state index contributed by atoms with van der Waals surface area (Å²) in [5.74, 6) is 2.89. The van der Waals surface area contributed by atoms with E-state index in [9.17, 15) is 8.42 Å². The van der Waals surface area contributed by atoms with Crippen LogP contribution in [0.15, 0.2) is 17.1 Å². The molecule has 1 saturated heterocycles. The van der Waals surface area contributed by atoms with Crippen molar-refractivity contribution in [2.24, 2.45) is 4.99 Å². The largest absolute Gasteiger partial charge is 0.493 e. The van der Waals surface area contributed by atoms with E-state index in [0.29, 0.717) is 49.4 Å². The van der Waals surface area contributed by atoms with Crippen LogP contribution in [-0.2, 0) is 16.4 Å². The number of benzene rings is 1. The summed E-state index contributed by atoms with van der Waals surface area (Å²) in [4.78, 5) is 6.36. The third-order valence-corrected chi connectivity index (χ3v) is 6.17. The first-order valence-electron chi connectivity index (χ1n) is 9.08. The van der Waals surface area contributed by atoms with E-state index in [1.54, 1.807) is 28.4 Å². The predicted octanol–water partition coefficient (Wildman–Crippen LogP) is 0.726. The summed E-state index contributed by atoms with van der Waals surface area (Å²) in [5, 5.41) is 6.50. The Bertz CT molecular complexity index is 749. The molecule has 2 rings (SSSR count). The van der Waals surface area contributed by atoms with Crippen molar-refractivity contribution in [2.75, 3.05) is 66.1 Å². The normalized spacial score (nSPS) is 16.5. The first-order chi connectivity index (χ1) is 13.4. The Kier molecular flexibility index (Phi) is 10.8. The molecule has 0 amide bonds. The molecule has 0 aromatic heterocycles. The fourth-order valence-corrected chi connectivity index (χ4v) is 4.23. The van der Waals surface area contributed by atoms with Crippen molar-refractivity contribution in [3.63, 3.8) is 0 Å². The van der Waals surface area contributed by atoms with Gasteiger partial charge in [0.05, 0.1) is 32.8 Å². The molecule has 1 fully saturated rings. The van der Waals surface area contributed by atoms with Gasteiger partial charge in [0.15, 0.2) is 27.3 Å². The van der Waals surface area contributed by atoms with E-state index in [1.165, 1.54) is 0 Å². The Morgan fingerprint density at radius 2 is 1.66 bits per heavy atom. The minimum Gasteiger partial charge on any atom is -0.493 e. The number of ether oxygens (including phenoxy) is 3. The molecule has 0 unspecified atom stereocenters. The first kappa shape index (κ1) is 25.6. The van der Waals surface area contributed by atoms with E-state index < -0.39 is 9.84 Å². The Morgan fingerprint density at radius 1 is 1.07 bits per heavy atom. The highest BCUT2D eigenvalue weighted by Gasteiger charge is 2.21. The van der Waals surface area contributed by atoms with E-state index in [4.69, 9.17) is 14.2 Å². The molecule has 1 aliphatic rings. The molecule has 166 valence electrons. The van der Waals surface area contributed by atoms with Crippen LogP contribution in [-0.4, -0.2) is 85.3 Å². The van der Waals surface area contributed by atoms with E-state index in [0.717, 1.165) is 12.1 Å². The van der Waals surface area contributed by atoms with Gasteiger partial charge in [-0.25, -0.2) is 8.42 Å². The molecule has 1 aliphatic heterocycles. The zero-order valence-electron chi connectivity index (χ0n) is 17.4. The Balaban J connectivity index is 0.00000420. The van der Waals surface area contributed by atoms with Crippen molar-refractivity contribution in [1.82, 2.24) is 15.5 Å². The number of guanidine groups is 1. The van der Waals surface area contributed by atoms with Gasteiger partial charge >= 0.3 is 0 Å². The minimum atomic E-state index is -2.85. The van der Waals surface area contributed by atoms with Crippen LogP contribution in [0.4, 0.5) is 0 Å². The molecule has 0 spiro atoms. The van der Waals surface area contributed by atoms with Crippen LogP contribution in [0.5, 0.6) is 17.2 Å². The molecule has 11 heteroatoms. The number of hydrogen-bond donors (Lipinski definition) is 2. The Morgan fingerprint density at radius 3 is 2.14 bits per heavy atom. The van der Waals surface area contributed by atoms with Crippen LogP contribution >= 0.6 is 24.0 Å². The summed E-state index contributed by atoms with van der Waals surface area (Å²) in [6, 6.07) is 3.77. The average molecular weight is 542 g/mol. The molecular weight excluding hydrogens is 511 g/mol. The number of halogens is 1. The molecule has 1 aromatic rings. The number of rotatable bonds is 8. The van der Waals surface area contributed by atoms with Crippen molar-refractivity contribution >= 4 is 39.8 Å². The maximum atomic E-state index is 11.5. The number of methoxy groups -OCH3 is 3. The van der Waals surface area contributed by atoms with Gasteiger partial charge in [0.25, 0.3) is 0 Å². The van der Waals surface area contributed by atoms with Crippen molar-refractivity contribution in [1.29, 1.82) is 0 Å². The van der Waals surface area contributed by atoms with Crippen molar-refractivity contribution in [2.45, 2.75) is 6.54 Å². The standard InChI is InChI=1S/C18H30N4O5S.HI/c1-19-18(20-5-6-22-7-9-28(23,24)10-8-22)21-13-14-11-15(25-2)17(27-4)16(12-14)26-3;/h11-12H,5-10,13H2,1-4H3,(H2,19,20,21);1H. The lowest BCUT2D eigenvalue weighted by Crippen LogP contribution is -2.45. The quantitative estimate of drug-likeness (QED) is 0.282. The monoisotopic (exact) mass is 542 g/mol. The van der Waals surface area contributed by atoms with E-state index in [-0.39, 0.29) is 35.5 Å². The second-order valence-electron chi connectivity index (χ2n) is 6.38. The summed E-state index contributed by atoms with van der Waals surface area (Å²) in [6.07, 6.45) is 0. The fraction of sp³-hybridized carbons (Fsp3) is 0.611. The zero-order valence-corrected chi connectivity index (χ0v) is 20.5. The van der Waals surface area contributed by atoms with E-state index in [1.807, 2.05) is 12.1 Å². The highest BCUT2D eigenvalue weighted by atomic mass is 127. The maximum Gasteiger partial charge on any atom is 0.203 e. The molecule has 0 bridgehead atoms. The number of sulfone groups is 1. The van der Waals surface area contributed by atoms with Gasteiger partial charge in [-0.2, -0.15) is 0 Å².